The van der Waals surface area contributed by atoms with Crippen molar-refractivity contribution >= 4 is 11.9 Å². The van der Waals surface area contributed by atoms with E-state index in [0.29, 0.717) is 50.3 Å². The van der Waals surface area contributed by atoms with Crippen LogP contribution in [0, 0.1) is 0 Å². The SMILES string of the molecule is OCCCNc1nc(CNCCO)nc(NCCO)n1. The Morgan fingerprint density at radius 3 is 2.00 bits per heavy atom. The third kappa shape index (κ3) is 6.57. The maximum absolute atomic E-state index is 8.80. The monoisotopic (exact) mass is 286 g/mol. The van der Waals surface area contributed by atoms with Crippen molar-refractivity contribution in [2.45, 2.75) is 13.0 Å². The number of rotatable bonds is 11. The second-order valence-corrected chi connectivity index (χ2v) is 3.95. The Bertz CT molecular complexity index is 351. The van der Waals surface area contributed by atoms with Crippen LogP contribution in [-0.2, 0) is 6.54 Å². The summed E-state index contributed by atoms with van der Waals surface area (Å²) in [6.07, 6.45) is 0.600. The molecule has 0 atom stereocenters. The van der Waals surface area contributed by atoms with Gasteiger partial charge in [0.2, 0.25) is 11.9 Å². The molecule has 1 aromatic rings. The van der Waals surface area contributed by atoms with Gasteiger partial charge in [0.05, 0.1) is 19.8 Å². The lowest BCUT2D eigenvalue weighted by Gasteiger charge is -2.09. The number of hydrogen-bond acceptors (Lipinski definition) is 9. The fourth-order valence-corrected chi connectivity index (χ4v) is 1.38. The van der Waals surface area contributed by atoms with Crippen LogP contribution in [0.25, 0.3) is 0 Å². The standard InChI is InChI=1S/C11H22N6O3/c18-5-1-2-13-10-15-9(8-12-3-6-19)16-11(17-10)14-4-7-20/h12,18-20H,1-8H2,(H2,13,14,15,16,17). The average molecular weight is 286 g/mol. The molecule has 0 unspecified atom stereocenters. The van der Waals surface area contributed by atoms with Crippen molar-refractivity contribution in [2.75, 3.05) is 50.1 Å². The Morgan fingerprint density at radius 2 is 1.40 bits per heavy atom. The van der Waals surface area contributed by atoms with Crippen LogP contribution < -0.4 is 16.0 Å². The largest absolute Gasteiger partial charge is 0.396 e. The Morgan fingerprint density at radius 1 is 0.750 bits per heavy atom. The van der Waals surface area contributed by atoms with E-state index >= 15 is 0 Å². The summed E-state index contributed by atoms with van der Waals surface area (Å²) in [4.78, 5) is 12.6. The van der Waals surface area contributed by atoms with Gasteiger partial charge in [-0.3, -0.25) is 0 Å². The first-order chi connectivity index (χ1) is 9.80. The molecule has 0 spiro atoms. The van der Waals surface area contributed by atoms with Crippen molar-refractivity contribution in [3.8, 4) is 0 Å². The van der Waals surface area contributed by atoms with E-state index in [-0.39, 0.29) is 19.8 Å². The second kappa shape index (κ2) is 10.3. The van der Waals surface area contributed by atoms with E-state index in [0.717, 1.165) is 0 Å². The molecule has 0 aromatic carbocycles. The Kier molecular flexibility index (Phi) is 8.47. The van der Waals surface area contributed by atoms with Crippen LogP contribution >= 0.6 is 0 Å². The normalized spacial score (nSPS) is 10.6. The molecule has 114 valence electrons. The first kappa shape index (κ1) is 16.5. The lowest BCUT2D eigenvalue weighted by molar-refractivity contribution is 0.291. The fourth-order valence-electron chi connectivity index (χ4n) is 1.38. The summed E-state index contributed by atoms with van der Waals surface area (Å²) in [6, 6.07) is 0. The van der Waals surface area contributed by atoms with Gasteiger partial charge in [-0.05, 0) is 6.42 Å². The minimum Gasteiger partial charge on any atom is -0.396 e. The number of nitrogens with zero attached hydrogens (tertiary/aromatic N) is 3. The molecule has 9 heteroatoms. The maximum Gasteiger partial charge on any atom is 0.227 e. The summed E-state index contributed by atoms with van der Waals surface area (Å²) in [6.45, 7) is 1.90. The smallest absolute Gasteiger partial charge is 0.227 e. The van der Waals surface area contributed by atoms with Crippen molar-refractivity contribution in [1.29, 1.82) is 0 Å². The lowest BCUT2D eigenvalue weighted by atomic mass is 10.4. The minimum atomic E-state index is -0.0168. The highest BCUT2D eigenvalue weighted by Crippen LogP contribution is 2.05. The van der Waals surface area contributed by atoms with Crippen molar-refractivity contribution in [3.05, 3.63) is 5.82 Å². The molecule has 0 aliphatic heterocycles. The summed E-state index contributed by atoms with van der Waals surface area (Å²) in [7, 11) is 0. The minimum absolute atomic E-state index is 0.0168. The van der Waals surface area contributed by atoms with Crippen LogP contribution in [0.3, 0.4) is 0 Å². The molecular formula is C11H22N6O3. The van der Waals surface area contributed by atoms with Gasteiger partial charge in [0, 0.05) is 26.2 Å². The molecule has 0 amide bonds. The number of aromatic nitrogens is 3. The molecule has 0 aliphatic rings. The van der Waals surface area contributed by atoms with Gasteiger partial charge in [-0.1, -0.05) is 0 Å². The second-order valence-electron chi connectivity index (χ2n) is 3.95. The predicted octanol–water partition coefficient (Wildman–Crippen LogP) is -1.85. The molecule has 0 aliphatic carbocycles. The molecular weight excluding hydrogens is 264 g/mol. The van der Waals surface area contributed by atoms with Crippen molar-refractivity contribution in [2.24, 2.45) is 0 Å². The topological polar surface area (TPSA) is 135 Å². The molecule has 6 N–H and O–H groups in total. The number of anilines is 2. The van der Waals surface area contributed by atoms with Crippen LogP contribution in [0.4, 0.5) is 11.9 Å². The highest BCUT2D eigenvalue weighted by Gasteiger charge is 2.05. The third-order valence-corrected chi connectivity index (χ3v) is 2.27. The van der Waals surface area contributed by atoms with Crippen molar-refractivity contribution < 1.29 is 15.3 Å². The molecule has 0 fully saturated rings. The van der Waals surface area contributed by atoms with E-state index in [9.17, 15) is 0 Å². The van der Waals surface area contributed by atoms with Gasteiger partial charge in [0.15, 0.2) is 0 Å². The summed E-state index contributed by atoms with van der Waals surface area (Å²) in [5.74, 6) is 1.32. The van der Waals surface area contributed by atoms with E-state index in [4.69, 9.17) is 15.3 Å². The molecule has 1 rings (SSSR count). The maximum atomic E-state index is 8.80. The number of aliphatic hydroxyl groups excluding tert-OH is 3. The molecule has 0 saturated carbocycles. The van der Waals surface area contributed by atoms with Gasteiger partial charge >= 0.3 is 0 Å². The van der Waals surface area contributed by atoms with Gasteiger partial charge in [0.25, 0.3) is 0 Å². The molecule has 0 radical (unpaired) electrons. The summed E-state index contributed by atoms with van der Waals surface area (Å²) in [5, 5.41) is 35.1. The highest BCUT2D eigenvalue weighted by molar-refractivity contribution is 5.34. The average Bonchev–Trinajstić information content (AvgIpc) is 2.46. The van der Waals surface area contributed by atoms with Crippen molar-refractivity contribution in [1.82, 2.24) is 20.3 Å². The van der Waals surface area contributed by atoms with Gasteiger partial charge in [-0.25, -0.2) is 0 Å². The van der Waals surface area contributed by atoms with Crippen LogP contribution in [0.5, 0.6) is 0 Å². The number of aliphatic hydroxyl groups is 3. The predicted molar refractivity (Wildman–Crippen MR) is 74.4 cm³/mol. The third-order valence-electron chi connectivity index (χ3n) is 2.27. The summed E-state index contributed by atoms with van der Waals surface area (Å²) < 4.78 is 0. The summed E-state index contributed by atoms with van der Waals surface area (Å²) in [5.41, 5.74) is 0. The summed E-state index contributed by atoms with van der Waals surface area (Å²) >= 11 is 0. The van der Waals surface area contributed by atoms with Crippen LogP contribution in [0.15, 0.2) is 0 Å². The first-order valence-corrected chi connectivity index (χ1v) is 6.56. The molecule has 20 heavy (non-hydrogen) atoms. The van der Waals surface area contributed by atoms with E-state index in [1.165, 1.54) is 0 Å². The van der Waals surface area contributed by atoms with Gasteiger partial charge in [-0.15, -0.1) is 0 Å². The molecule has 0 bridgehead atoms. The van der Waals surface area contributed by atoms with Crippen LogP contribution in [0.1, 0.15) is 12.2 Å². The van der Waals surface area contributed by atoms with Gasteiger partial charge < -0.3 is 31.3 Å². The zero-order valence-corrected chi connectivity index (χ0v) is 11.3. The van der Waals surface area contributed by atoms with Gasteiger partial charge in [-0.2, -0.15) is 15.0 Å². The first-order valence-electron chi connectivity index (χ1n) is 6.56. The van der Waals surface area contributed by atoms with Crippen molar-refractivity contribution in [3.63, 3.8) is 0 Å². The Balaban J connectivity index is 2.67. The van der Waals surface area contributed by atoms with E-state index in [1.807, 2.05) is 0 Å². The molecule has 1 heterocycles. The van der Waals surface area contributed by atoms with Gasteiger partial charge in [0.1, 0.15) is 5.82 Å². The number of hydrogen-bond donors (Lipinski definition) is 6. The van der Waals surface area contributed by atoms with E-state index < -0.39 is 0 Å². The zero-order valence-electron chi connectivity index (χ0n) is 11.3. The Labute approximate surface area is 117 Å². The van der Waals surface area contributed by atoms with E-state index in [2.05, 4.69) is 30.9 Å². The highest BCUT2D eigenvalue weighted by atomic mass is 16.3. The van der Waals surface area contributed by atoms with Crippen LogP contribution in [-0.4, -0.2) is 69.7 Å². The van der Waals surface area contributed by atoms with E-state index in [1.54, 1.807) is 0 Å². The molecule has 0 saturated heterocycles. The Hall–Kier alpha value is -1.55. The van der Waals surface area contributed by atoms with Crippen LogP contribution in [0.2, 0.25) is 0 Å². The molecule has 1 aromatic heterocycles. The molecule has 9 nitrogen and oxygen atoms in total. The fraction of sp³-hybridized carbons (Fsp3) is 0.727. The lowest BCUT2D eigenvalue weighted by Crippen LogP contribution is -2.21. The quantitative estimate of drug-likeness (QED) is 0.259. The number of nitrogens with one attached hydrogen (secondary N) is 3. The zero-order chi connectivity index (χ0) is 14.6.